The number of carbonyl (C=O) groups excluding carboxylic acids is 1. The SMILES string of the molecule is CCOC(=O)c1cccc(Nc2ccnc3ccccc23)c1N. The summed E-state index contributed by atoms with van der Waals surface area (Å²) in [6.45, 7) is 2.07. The molecule has 0 aliphatic heterocycles. The van der Waals surface area contributed by atoms with Crippen LogP contribution >= 0.6 is 0 Å². The zero-order valence-corrected chi connectivity index (χ0v) is 12.7. The van der Waals surface area contributed by atoms with Crippen LogP contribution in [0.15, 0.2) is 54.7 Å². The Hall–Kier alpha value is -3.08. The number of para-hydroxylation sites is 2. The largest absolute Gasteiger partial charge is 0.462 e. The summed E-state index contributed by atoms with van der Waals surface area (Å²) in [4.78, 5) is 16.3. The number of nitrogens with zero attached hydrogens (tertiary/aromatic N) is 1. The Balaban J connectivity index is 2.00. The minimum absolute atomic E-state index is 0.310. The third-order valence-corrected chi connectivity index (χ3v) is 3.52. The molecule has 0 radical (unpaired) electrons. The Morgan fingerprint density at radius 3 is 2.78 bits per heavy atom. The maximum Gasteiger partial charge on any atom is 0.340 e. The van der Waals surface area contributed by atoms with Crippen molar-refractivity contribution in [2.75, 3.05) is 17.7 Å². The fourth-order valence-electron chi connectivity index (χ4n) is 2.41. The average Bonchev–Trinajstić information content (AvgIpc) is 2.57. The van der Waals surface area contributed by atoms with Gasteiger partial charge in [-0.25, -0.2) is 4.79 Å². The second-order valence-electron chi connectivity index (χ2n) is 4.99. The molecule has 0 aliphatic rings. The molecule has 1 heterocycles. The number of anilines is 3. The van der Waals surface area contributed by atoms with Gasteiger partial charge in [-0.15, -0.1) is 0 Å². The standard InChI is InChI=1S/C18H17N3O2/c1-2-23-18(22)13-7-5-9-16(17(13)19)21-15-10-11-20-14-8-4-3-6-12(14)15/h3-11H,2,19H2,1H3,(H,20,21). The third-order valence-electron chi connectivity index (χ3n) is 3.52. The van der Waals surface area contributed by atoms with Crippen LogP contribution in [0, 0.1) is 0 Å². The second kappa shape index (κ2) is 6.36. The van der Waals surface area contributed by atoms with Gasteiger partial charge in [-0.2, -0.15) is 0 Å². The third kappa shape index (κ3) is 2.94. The van der Waals surface area contributed by atoms with E-state index in [-0.39, 0.29) is 0 Å². The first-order valence-electron chi connectivity index (χ1n) is 7.37. The average molecular weight is 307 g/mol. The highest BCUT2D eigenvalue weighted by Crippen LogP contribution is 2.30. The molecule has 0 aliphatic carbocycles. The molecule has 0 bridgehead atoms. The molecule has 0 amide bonds. The Labute approximate surface area is 134 Å². The van der Waals surface area contributed by atoms with E-state index >= 15 is 0 Å². The molecule has 0 fully saturated rings. The Morgan fingerprint density at radius 1 is 1.13 bits per heavy atom. The minimum Gasteiger partial charge on any atom is -0.462 e. The fraction of sp³-hybridized carbons (Fsp3) is 0.111. The molecule has 3 N–H and O–H groups in total. The van der Waals surface area contributed by atoms with E-state index in [9.17, 15) is 4.79 Å². The smallest absolute Gasteiger partial charge is 0.340 e. The number of ether oxygens (including phenoxy) is 1. The lowest BCUT2D eigenvalue weighted by Gasteiger charge is -2.13. The maximum atomic E-state index is 11.9. The zero-order chi connectivity index (χ0) is 16.2. The number of aromatic nitrogens is 1. The van der Waals surface area contributed by atoms with E-state index in [2.05, 4.69) is 10.3 Å². The van der Waals surface area contributed by atoms with Crippen LogP contribution in [0.5, 0.6) is 0 Å². The summed E-state index contributed by atoms with van der Waals surface area (Å²) in [7, 11) is 0. The number of rotatable bonds is 4. The lowest BCUT2D eigenvalue weighted by molar-refractivity contribution is 0.0527. The van der Waals surface area contributed by atoms with Crippen LogP contribution in [0.25, 0.3) is 10.9 Å². The van der Waals surface area contributed by atoms with Crippen LogP contribution in [-0.4, -0.2) is 17.6 Å². The van der Waals surface area contributed by atoms with Gasteiger partial charge in [0.1, 0.15) is 0 Å². The number of carbonyl (C=O) groups is 1. The van der Waals surface area contributed by atoms with Crippen LogP contribution < -0.4 is 11.1 Å². The lowest BCUT2D eigenvalue weighted by Crippen LogP contribution is -2.09. The molecule has 2 aromatic carbocycles. The lowest BCUT2D eigenvalue weighted by atomic mass is 10.1. The number of hydrogen-bond donors (Lipinski definition) is 2. The monoisotopic (exact) mass is 307 g/mol. The van der Waals surface area contributed by atoms with Gasteiger partial charge in [-0.1, -0.05) is 24.3 Å². The highest BCUT2D eigenvalue weighted by Gasteiger charge is 2.14. The van der Waals surface area contributed by atoms with Crippen molar-refractivity contribution in [1.29, 1.82) is 0 Å². The van der Waals surface area contributed by atoms with Crippen LogP contribution in [0.3, 0.4) is 0 Å². The van der Waals surface area contributed by atoms with E-state index in [4.69, 9.17) is 10.5 Å². The Morgan fingerprint density at radius 2 is 1.96 bits per heavy atom. The van der Waals surface area contributed by atoms with Crippen molar-refractivity contribution in [3.05, 3.63) is 60.3 Å². The van der Waals surface area contributed by atoms with E-state index in [1.54, 1.807) is 25.3 Å². The zero-order valence-electron chi connectivity index (χ0n) is 12.7. The quantitative estimate of drug-likeness (QED) is 0.567. The first-order valence-corrected chi connectivity index (χ1v) is 7.37. The number of nitrogen functional groups attached to an aromatic ring is 1. The van der Waals surface area contributed by atoms with Crippen LogP contribution in [0.1, 0.15) is 17.3 Å². The van der Waals surface area contributed by atoms with Crippen molar-refractivity contribution in [3.63, 3.8) is 0 Å². The number of pyridine rings is 1. The summed E-state index contributed by atoms with van der Waals surface area (Å²) in [5, 5.41) is 4.26. The summed E-state index contributed by atoms with van der Waals surface area (Å²) >= 11 is 0. The topological polar surface area (TPSA) is 77.2 Å². The number of hydrogen-bond acceptors (Lipinski definition) is 5. The van der Waals surface area contributed by atoms with Gasteiger partial charge in [0, 0.05) is 17.3 Å². The molecule has 23 heavy (non-hydrogen) atoms. The summed E-state index contributed by atoms with van der Waals surface area (Å²) in [5.41, 5.74) is 9.28. The summed E-state index contributed by atoms with van der Waals surface area (Å²) in [6, 6.07) is 14.9. The van der Waals surface area contributed by atoms with Gasteiger partial charge in [0.05, 0.1) is 29.1 Å². The predicted octanol–water partition coefficient (Wildman–Crippen LogP) is 3.74. The molecular formula is C18H17N3O2. The van der Waals surface area contributed by atoms with Gasteiger partial charge < -0.3 is 15.8 Å². The molecule has 5 nitrogen and oxygen atoms in total. The number of benzene rings is 2. The van der Waals surface area contributed by atoms with Crippen molar-refractivity contribution < 1.29 is 9.53 Å². The van der Waals surface area contributed by atoms with Crippen LogP contribution in [0.2, 0.25) is 0 Å². The van der Waals surface area contributed by atoms with Crippen molar-refractivity contribution in [2.45, 2.75) is 6.92 Å². The van der Waals surface area contributed by atoms with Crippen molar-refractivity contribution in [3.8, 4) is 0 Å². The van der Waals surface area contributed by atoms with Crippen molar-refractivity contribution >= 4 is 33.9 Å². The molecule has 5 heteroatoms. The molecule has 1 aromatic heterocycles. The Bertz CT molecular complexity index is 857. The second-order valence-corrected chi connectivity index (χ2v) is 4.99. The summed E-state index contributed by atoms with van der Waals surface area (Å²) < 4.78 is 5.03. The molecule has 0 saturated heterocycles. The predicted molar refractivity (Wildman–Crippen MR) is 91.8 cm³/mol. The molecule has 0 spiro atoms. The number of nitrogens with two attached hydrogens (primary N) is 1. The maximum absolute atomic E-state index is 11.9. The Kier molecular flexibility index (Phi) is 4.10. The first-order chi connectivity index (χ1) is 11.2. The van der Waals surface area contributed by atoms with Gasteiger partial charge in [-0.05, 0) is 31.2 Å². The van der Waals surface area contributed by atoms with Crippen molar-refractivity contribution in [1.82, 2.24) is 4.98 Å². The first kappa shape index (κ1) is 14.8. The highest BCUT2D eigenvalue weighted by molar-refractivity contribution is 6.00. The van der Waals surface area contributed by atoms with Crippen molar-refractivity contribution in [2.24, 2.45) is 0 Å². The fourth-order valence-corrected chi connectivity index (χ4v) is 2.41. The van der Waals surface area contributed by atoms with Gasteiger partial charge in [-0.3, -0.25) is 4.98 Å². The van der Waals surface area contributed by atoms with E-state index in [1.807, 2.05) is 36.4 Å². The number of fused-ring (bicyclic) bond motifs is 1. The molecule has 3 aromatic rings. The normalized spacial score (nSPS) is 10.5. The van der Waals surface area contributed by atoms with Gasteiger partial charge in [0.2, 0.25) is 0 Å². The number of esters is 1. The molecule has 0 saturated carbocycles. The minimum atomic E-state index is -0.423. The molecule has 0 unspecified atom stereocenters. The van der Waals surface area contributed by atoms with E-state index < -0.39 is 5.97 Å². The van der Waals surface area contributed by atoms with Gasteiger partial charge >= 0.3 is 5.97 Å². The van der Waals surface area contributed by atoms with E-state index in [1.165, 1.54) is 0 Å². The molecule has 116 valence electrons. The molecular weight excluding hydrogens is 290 g/mol. The van der Waals surface area contributed by atoms with Gasteiger partial charge in [0.15, 0.2) is 0 Å². The molecule has 3 rings (SSSR count). The van der Waals surface area contributed by atoms with Crippen LogP contribution in [-0.2, 0) is 4.74 Å². The van der Waals surface area contributed by atoms with E-state index in [0.29, 0.717) is 23.5 Å². The van der Waals surface area contributed by atoms with Crippen LogP contribution in [0.4, 0.5) is 17.1 Å². The highest BCUT2D eigenvalue weighted by atomic mass is 16.5. The molecule has 0 atom stereocenters. The summed E-state index contributed by atoms with van der Waals surface area (Å²) in [5.74, 6) is -0.423. The number of nitrogens with one attached hydrogen (secondary N) is 1. The van der Waals surface area contributed by atoms with E-state index in [0.717, 1.165) is 16.6 Å². The van der Waals surface area contributed by atoms with Gasteiger partial charge in [0.25, 0.3) is 0 Å². The summed E-state index contributed by atoms with van der Waals surface area (Å²) in [6.07, 6.45) is 1.73.